The topological polar surface area (TPSA) is 86.2 Å². The number of aromatic nitrogens is 3. The molecule has 0 aliphatic rings. The molecular formula is C58H40IrN5. The molecule has 0 N–H and O–H groups in total. The van der Waals surface area contributed by atoms with Crippen LogP contribution in [0.4, 0.5) is 0 Å². The van der Waals surface area contributed by atoms with Crippen LogP contribution < -0.4 is 0 Å². The summed E-state index contributed by atoms with van der Waals surface area (Å²) in [5, 5.41) is 19.8. The van der Waals surface area contributed by atoms with Gasteiger partial charge >= 0.3 is 20.1 Å². The Morgan fingerprint density at radius 3 is 1.61 bits per heavy atom. The molecule has 0 atom stereocenters. The van der Waals surface area contributed by atoms with Crippen LogP contribution >= 0.6 is 0 Å². The van der Waals surface area contributed by atoms with Gasteiger partial charge in [0.2, 0.25) is 0 Å². The minimum atomic E-state index is -2.28. The maximum absolute atomic E-state index is 10.1. The average Bonchev–Trinajstić information content (AvgIpc) is 3.37. The molecule has 0 spiro atoms. The van der Waals surface area contributed by atoms with E-state index in [-0.39, 0.29) is 31.2 Å². The summed E-state index contributed by atoms with van der Waals surface area (Å²) in [5.74, 6) is 0. The largest absolute Gasteiger partial charge is 3.00 e. The smallest absolute Gasteiger partial charge is 0.305 e. The van der Waals surface area contributed by atoms with Crippen molar-refractivity contribution < 1.29 is 24.2 Å². The molecule has 0 aliphatic carbocycles. The maximum atomic E-state index is 10.1. The third-order valence-electron chi connectivity index (χ3n) is 11.2. The standard InChI is InChI=1S/C58H40N5.Ir/c1-40-12-29-58(63-39-40)48-27-28-54(55(36-48)47-25-26-49(37-59)51(35-47)38-60)53-9-3-2-8-52(53)50-33-43(15-13-41-17-21-45(22-18-41)56-10-4-6-30-61-56)32-44(34-50)16-14-42-19-23-46(24-20-42)57-11-5-7-31-62-57;/h2-12,17-21,23,25-26,28-36,39H,13-16H2,1H3;/q-3;+3/i1D3;. The van der Waals surface area contributed by atoms with Crippen LogP contribution in [0.1, 0.15) is 43.1 Å². The Labute approximate surface area is 393 Å². The van der Waals surface area contributed by atoms with Gasteiger partial charge in [-0.25, -0.2) is 0 Å². The Balaban J connectivity index is 0.00000608. The molecule has 306 valence electrons. The second-order valence-corrected chi connectivity index (χ2v) is 15.3. The van der Waals surface area contributed by atoms with Crippen LogP contribution in [-0.2, 0) is 45.8 Å². The minimum Gasteiger partial charge on any atom is -0.305 e. The van der Waals surface area contributed by atoms with Crippen LogP contribution in [0, 0.1) is 47.7 Å². The summed E-state index contributed by atoms with van der Waals surface area (Å²) in [6, 6.07) is 66.7. The minimum absolute atomic E-state index is 0. The summed E-state index contributed by atoms with van der Waals surface area (Å²) in [6.45, 7) is -2.28. The van der Waals surface area contributed by atoms with Gasteiger partial charge in [-0.3, -0.25) is 0 Å². The maximum Gasteiger partial charge on any atom is 3.00 e. The van der Waals surface area contributed by atoms with Gasteiger partial charge in [0.15, 0.2) is 0 Å². The molecule has 3 heterocycles. The molecular weight excluding hydrogens is 959 g/mol. The Morgan fingerprint density at radius 1 is 0.469 bits per heavy atom. The SMILES string of the molecule is [2H]C([2H])([2H])c1ccc(-c2[c-]cc(-c3ccccc3-c3cc(CCc4c[c-]c(-c5ccccn5)cc4)cc(CCc4c[c-]c(-c5ccccn5)cc4)c3)c(-c3ccc(C#N)c(C#N)c3)c2)nc1.[Ir+3]. The fourth-order valence-electron chi connectivity index (χ4n) is 7.90. The zero-order valence-corrected chi connectivity index (χ0v) is 37.0. The Hall–Kier alpha value is -7.60. The molecule has 0 fully saturated rings. The van der Waals surface area contributed by atoms with Crippen LogP contribution in [0.15, 0.2) is 176 Å². The summed E-state index contributed by atoms with van der Waals surface area (Å²) in [7, 11) is 0. The second kappa shape index (κ2) is 20.1. The van der Waals surface area contributed by atoms with Gasteiger partial charge < -0.3 is 15.0 Å². The molecule has 0 unspecified atom stereocenters. The molecule has 9 rings (SSSR count). The second-order valence-electron chi connectivity index (χ2n) is 15.3. The first-order chi connectivity index (χ1) is 32.2. The van der Waals surface area contributed by atoms with Crippen LogP contribution in [-0.4, -0.2) is 15.0 Å². The number of nitriles is 2. The number of benzene rings is 6. The van der Waals surface area contributed by atoms with Gasteiger partial charge in [0, 0.05) is 22.7 Å². The average molecular weight is 1000 g/mol. The van der Waals surface area contributed by atoms with E-state index in [9.17, 15) is 10.5 Å². The zero-order chi connectivity index (χ0) is 45.5. The number of pyridine rings is 3. The number of aryl methyl sites for hydroxylation is 5. The molecule has 0 saturated carbocycles. The van der Waals surface area contributed by atoms with E-state index in [1.165, 1.54) is 28.5 Å². The van der Waals surface area contributed by atoms with Gasteiger partial charge in [0.25, 0.3) is 0 Å². The predicted octanol–water partition coefficient (Wildman–Crippen LogP) is 12.9. The summed E-state index contributed by atoms with van der Waals surface area (Å²) < 4.78 is 23.5. The number of hydrogen-bond acceptors (Lipinski definition) is 5. The third-order valence-corrected chi connectivity index (χ3v) is 11.2. The van der Waals surface area contributed by atoms with Crippen molar-refractivity contribution >= 4 is 0 Å². The van der Waals surface area contributed by atoms with E-state index in [4.69, 9.17) is 4.11 Å². The van der Waals surface area contributed by atoms with Crippen molar-refractivity contribution in [1.82, 2.24) is 15.0 Å². The zero-order valence-electron chi connectivity index (χ0n) is 37.6. The first-order valence-electron chi connectivity index (χ1n) is 22.3. The molecule has 3 aromatic heterocycles. The Kier molecular flexibility index (Phi) is 12.3. The van der Waals surface area contributed by atoms with E-state index < -0.39 is 6.85 Å². The number of nitrogens with zero attached hydrogens (tertiary/aromatic N) is 5. The summed E-state index contributed by atoms with van der Waals surface area (Å²) in [6.07, 6.45) is 8.26. The van der Waals surface area contributed by atoms with Crippen molar-refractivity contribution in [2.24, 2.45) is 0 Å². The molecule has 6 heteroatoms. The van der Waals surface area contributed by atoms with Crippen molar-refractivity contribution in [3.05, 3.63) is 233 Å². The normalized spacial score (nSPS) is 11.6. The molecule has 0 saturated heterocycles. The molecule has 64 heavy (non-hydrogen) atoms. The molecule has 0 bridgehead atoms. The van der Waals surface area contributed by atoms with E-state index >= 15 is 0 Å². The van der Waals surface area contributed by atoms with Crippen LogP contribution in [0.5, 0.6) is 0 Å². The van der Waals surface area contributed by atoms with Crippen molar-refractivity contribution in [2.75, 3.05) is 0 Å². The van der Waals surface area contributed by atoms with Crippen LogP contribution in [0.2, 0.25) is 0 Å². The van der Waals surface area contributed by atoms with E-state index in [0.717, 1.165) is 81.6 Å². The van der Waals surface area contributed by atoms with Crippen molar-refractivity contribution in [2.45, 2.75) is 32.5 Å². The predicted molar refractivity (Wildman–Crippen MR) is 251 cm³/mol. The first-order valence-corrected chi connectivity index (χ1v) is 20.8. The van der Waals surface area contributed by atoms with Crippen LogP contribution in [0.3, 0.4) is 0 Å². The van der Waals surface area contributed by atoms with E-state index in [2.05, 4.69) is 112 Å². The third kappa shape index (κ3) is 9.86. The van der Waals surface area contributed by atoms with Gasteiger partial charge in [0.1, 0.15) is 12.1 Å². The monoisotopic (exact) mass is 1000 g/mol. The molecule has 0 radical (unpaired) electrons. The number of hydrogen-bond donors (Lipinski definition) is 0. The van der Waals surface area contributed by atoms with Crippen molar-refractivity contribution in [3.8, 4) is 79.3 Å². The Bertz CT molecular complexity index is 3130. The van der Waals surface area contributed by atoms with Gasteiger partial charge in [-0.2, -0.15) is 10.5 Å². The van der Waals surface area contributed by atoms with E-state index in [1.807, 2.05) is 66.7 Å². The van der Waals surface area contributed by atoms with E-state index in [1.54, 1.807) is 36.7 Å². The van der Waals surface area contributed by atoms with Crippen molar-refractivity contribution in [1.29, 1.82) is 10.5 Å². The number of rotatable bonds is 12. The van der Waals surface area contributed by atoms with Gasteiger partial charge in [-0.1, -0.05) is 114 Å². The fourth-order valence-corrected chi connectivity index (χ4v) is 7.90. The summed E-state index contributed by atoms with van der Waals surface area (Å²) >= 11 is 0. The molecule has 0 amide bonds. The first kappa shape index (κ1) is 39.3. The van der Waals surface area contributed by atoms with Crippen molar-refractivity contribution in [3.63, 3.8) is 0 Å². The van der Waals surface area contributed by atoms with Gasteiger partial charge in [-0.05, 0) is 94.4 Å². The fraction of sp³-hybridized carbons (Fsp3) is 0.0862. The molecule has 9 aromatic rings. The Morgan fingerprint density at radius 2 is 1.06 bits per heavy atom. The molecule has 0 aliphatic heterocycles. The molecule has 6 aromatic carbocycles. The summed E-state index contributed by atoms with van der Waals surface area (Å²) in [5.41, 5.74) is 15.9. The van der Waals surface area contributed by atoms with Gasteiger partial charge in [-0.15, -0.1) is 94.5 Å². The van der Waals surface area contributed by atoms with E-state index in [0.29, 0.717) is 16.8 Å². The quantitative estimate of drug-likeness (QED) is 0.114. The summed E-state index contributed by atoms with van der Waals surface area (Å²) in [4.78, 5) is 13.5. The van der Waals surface area contributed by atoms with Crippen LogP contribution in [0.25, 0.3) is 67.2 Å². The molecule has 5 nitrogen and oxygen atoms in total. The van der Waals surface area contributed by atoms with Gasteiger partial charge in [0.05, 0.1) is 11.1 Å².